The molecule has 6 rings (SSSR count). The molecule has 1 aliphatic heterocycles. The lowest BCUT2D eigenvalue weighted by Gasteiger charge is -2.47. The highest BCUT2D eigenvalue weighted by atomic mass is 16.6. The van der Waals surface area contributed by atoms with E-state index in [1.807, 2.05) is 0 Å². The number of hydrogen-bond acceptors (Lipinski definition) is 3. The second-order valence-electron chi connectivity index (χ2n) is 6.70. The molecule has 5 aliphatic carbocycles. The predicted molar refractivity (Wildman–Crippen MR) is 62.2 cm³/mol. The van der Waals surface area contributed by atoms with Crippen molar-refractivity contribution in [3.05, 3.63) is 11.1 Å². The first-order valence-electron chi connectivity index (χ1n) is 7.25. The van der Waals surface area contributed by atoms with Gasteiger partial charge >= 0.3 is 11.9 Å². The maximum absolute atomic E-state index is 11.9. The summed E-state index contributed by atoms with van der Waals surface area (Å²) in [6, 6.07) is 0. The van der Waals surface area contributed by atoms with Crippen molar-refractivity contribution >= 4 is 11.9 Å². The number of allylic oxidation sites excluding steroid dienone is 2. The molecule has 1 saturated heterocycles. The Balaban J connectivity index is 1.71. The molecule has 6 atom stereocenters. The molecule has 0 aromatic carbocycles. The summed E-state index contributed by atoms with van der Waals surface area (Å²) in [5, 5.41) is 0. The minimum atomic E-state index is -0.228. The highest BCUT2D eigenvalue weighted by Crippen LogP contribution is 2.65. The molecule has 0 aromatic rings. The zero-order valence-corrected chi connectivity index (χ0v) is 10.2. The van der Waals surface area contributed by atoms with Crippen LogP contribution in [0, 0.1) is 35.5 Å². The fourth-order valence-corrected chi connectivity index (χ4v) is 5.83. The first-order chi connectivity index (χ1) is 8.75. The van der Waals surface area contributed by atoms with E-state index < -0.39 is 0 Å². The van der Waals surface area contributed by atoms with Crippen LogP contribution in [0.25, 0.3) is 0 Å². The molecule has 6 unspecified atom stereocenters. The molecule has 2 saturated carbocycles. The van der Waals surface area contributed by atoms with Crippen molar-refractivity contribution in [1.29, 1.82) is 0 Å². The molecule has 6 aliphatic rings. The molecule has 0 N–H and O–H groups in total. The molecular weight excluding hydrogens is 228 g/mol. The standard InChI is InChI=1S/C15H16O3/c16-14-12-8-3-4-9(13(12)15(17)18-14)11-7-2-1-6(5-7)10(8)11/h6-9,12-13H,1-5H2. The smallest absolute Gasteiger partial charge is 0.318 e. The molecule has 1 heterocycles. The average molecular weight is 244 g/mol. The predicted octanol–water partition coefficient (Wildman–Crippen LogP) is 2.07. The third kappa shape index (κ3) is 0.886. The highest BCUT2D eigenvalue weighted by Gasteiger charge is 2.63. The van der Waals surface area contributed by atoms with Crippen LogP contribution in [-0.2, 0) is 14.3 Å². The number of hydrogen-bond donors (Lipinski definition) is 0. The highest BCUT2D eigenvalue weighted by molar-refractivity contribution is 5.98. The minimum absolute atomic E-state index is 0.116. The van der Waals surface area contributed by atoms with E-state index in [0.717, 1.165) is 24.7 Å². The van der Waals surface area contributed by atoms with Crippen LogP contribution in [0.4, 0.5) is 0 Å². The van der Waals surface area contributed by atoms with Crippen LogP contribution in [0.15, 0.2) is 11.1 Å². The van der Waals surface area contributed by atoms with Crippen LogP contribution in [0.1, 0.15) is 32.1 Å². The molecule has 3 fully saturated rings. The first-order valence-corrected chi connectivity index (χ1v) is 7.25. The second-order valence-corrected chi connectivity index (χ2v) is 6.70. The quantitative estimate of drug-likeness (QED) is 0.372. The number of rotatable bonds is 0. The Morgan fingerprint density at radius 3 is 1.78 bits per heavy atom. The van der Waals surface area contributed by atoms with Gasteiger partial charge in [0.25, 0.3) is 0 Å². The van der Waals surface area contributed by atoms with E-state index in [1.165, 1.54) is 19.3 Å². The molecule has 94 valence electrons. The summed E-state index contributed by atoms with van der Waals surface area (Å²) in [5.74, 6) is 1.49. The van der Waals surface area contributed by atoms with Crippen LogP contribution in [-0.4, -0.2) is 11.9 Å². The van der Waals surface area contributed by atoms with Gasteiger partial charge < -0.3 is 4.74 Å². The Morgan fingerprint density at radius 2 is 1.28 bits per heavy atom. The van der Waals surface area contributed by atoms with E-state index in [4.69, 9.17) is 4.74 Å². The number of carbonyl (C=O) groups is 2. The third-order valence-electron chi connectivity index (χ3n) is 6.23. The number of ether oxygens (including phenoxy) is 1. The fourth-order valence-electron chi connectivity index (χ4n) is 5.83. The topological polar surface area (TPSA) is 43.4 Å². The Kier molecular flexibility index (Phi) is 1.57. The largest absolute Gasteiger partial charge is 0.393 e. The van der Waals surface area contributed by atoms with Crippen LogP contribution in [0.2, 0.25) is 0 Å². The Labute approximate surface area is 106 Å². The third-order valence-corrected chi connectivity index (χ3v) is 6.23. The monoisotopic (exact) mass is 244 g/mol. The van der Waals surface area contributed by atoms with Crippen LogP contribution in [0.5, 0.6) is 0 Å². The molecule has 18 heavy (non-hydrogen) atoms. The van der Waals surface area contributed by atoms with Crippen molar-refractivity contribution in [2.45, 2.75) is 32.1 Å². The van der Waals surface area contributed by atoms with Gasteiger partial charge in [-0.15, -0.1) is 0 Å². The molecule has 0 spiro atoms. The summed E-state index contributed by atoms with van der Waals surface area (Å²) >= 11 is 0. The van der Waals surface area contributed by atoms with E-state index in [-0.39, 0.29) is 23.8 Å². The molecule has 4 bridgehead atoms. The van der Waals surface area contributed by atoms with Crippen molar-refractivity contribution in [2.75, 3.05) is 0 Å². The molecule has 0 radical (unpaired) electrons. The van der Waals surface area contributed by atoms with Gasteiger partial charge in [-0.3, -0.25) is 9.59 Å². The number of fused-ring (bicyclic) bond motifs is 3. The average Bonchev–Trinajstić information content (AvgIpc) is 3.06. The van der Waals surface area contributed by atoms with Gasteiger partial charge in [-0.05, 0) is 55.8 Å². The number of cyclic esters (lactones) is 2. The van der Waals surface area contributed by atoms with Gasteiger partial charge in [0.05, 0.1) is 11.8 Å². The maximum Gasteiger partial charge on any atom is 0.318 e. The molecule has 0 amide bonds. The molecule has 3 nitrogen and oxygen atoms in total. The van der Waals surface area contributed by atoms with Gasteiger partial charge in [0, 0.05) is 0 Å². The summed E-state index contributed by atoms with van der Waals surface area (Å²) in [6.45, 7) is 0. The van der Waals surface area contributed by atoms with Crippen molar-refractivity contribution in [2.24, 2.45) is 35.5 Å². The second kappa shape index (κ2) is 2.89. The summed E-state index contributed by atoms with van der Waals surface area (Å²) < 4.78 is 4.94. The number of carbonyl (C=O) groups excluding carboxylic acids is 2. The Bertz CT molecular complexity index is 474. The van der Waals surface area contributed by atoms with Crippen molar-refractivity contribution < 1.29 is 14.3 Å². The minimum Gasteiger partial charge on any atom is -0.393 e. The van der Waals surface area contributed by atoms with Crippen LogP contribution in [0.3, 0.4) is 0 Å². The lowest BCUT2D eigenvalue weighted by molar-refractivity contribution is -0.154. The summed E-state index contributed by atoms with van der Waals surface area (Å²) in [5.41, 5.74) is 3.21. The Morgan fingerprint density at radius 1 is 0.778 bits per heavy atom. The van der Waals surface area contributed by atoms with Crippen molar-refractivity contribution in [3.63, 3.8) is 0 Å². The van der Waals surface area contributed by atoms with Gasteiger partial charge in [0.2, 0.25) is 0 Å². The van der Waals surface area contributed by atoms with Gasteiger partial charge in [0.15, 0.2) is 0 Å². The lowest BCUT2D eigenvalue weighted by atomic mass is 9.54. The van der Waals surface area contributed by atoms with Gasteiger partial charge in [-0.1, -0.05) is 11.1 Å². The van der Waals surface area contributed by atoms with E-state index >= 15 is 0 Å². The van der Waals surface area contributed by atoms with E-state index in [1.54, 1.807) is 11.1 Å². The molecule has 0 aromatic heterocycles. The van der Waals surface area contributed by atoms with Gasteiger partial charge in [-0.25, -0.2) is 0 Å². The Hall–Kier alpha value is -1.12. The maximum atomic E-state index is 11.9. The number of esters is 2. The zero-order valence-electron chi connectivity index (χ0n) is 10.2. The summed E-state index contributed by atoms with van der Waals surface area (Å²) in [4.78, 5) is 23.9. The molecule has 3 heteroatoms. The summed E-state index contributed by atoms with van der Waals surface area (Å²) in [6.07, 6.45) is 6.15. The SMILES string of the molecule is O=C1OC(=O)C2C3CCC(C4=C3C3CCC4C3)C12. The van der Waals surface area contributed by atoms with Crippen molar-refractivity contribution in [3.8, 4) is 0 Å². The van der Waals surface area contributed by atoms with Crippen LogP contribution >= 0.6 is 0 Å². The normalized spacial score (nSPS) is 51.8. The fraction of sp³-hybridized carbons (Fsp3) is 0.733. The van der Waals surface area contributed by atoms with E-state index in [9.17, 15) is 9.59 Å². The zero-order chi connectivity index (χ0) is 12.0. The lowest BCUT2D eigenvalue weighted by Crippen LogP contribution is -2.44. The van der Waals surface area contributed by atoms with Gasteiger partial charge in [0.1, 0.15) is 0 Å². The van der Waals surface area contributed by atoms with Crippen molar-refractivity contribution in [1.82, 2.24) is 0 Å². The first kappa shape index (κ1) is 9.76. The van der Waals surface area contributed by atoms with Crippen LogP contribution < -0.4 is 0 Å². The van der Waals surface area contributed by atoms with Gasteiger partial charge in [-0.2, -0.15) is 0 Å². The summed E-state index contributed by atoms with van der Waals surface area (Å²) in [7, 11) is 0. The van der Waals surface area contributed by atoms with E-state index in [2.05, 4.69) is 0 Å². The van der Waals surface area contributed by atoms with E-state index in [0.29, 0.717) is 11.8 Å². The molecular formula is C15H16O3.